The number of halogens is 1. The quantitative estimate of drug-likeness (QED) is 0.830. The minimum absolute atomic E-state index is 0.592. The van der Waals surface area contributed by atoms with E-state index in [1.165, 1.54) is 12.8 Å². The molecule has 1 saturated carbocycles. The fourth-order valence-corrected chi connectivity index (χ4v) is 1.87. The average molecular weight is 279 g/mol. The number of nitrogens with one attached hydrogen (secondary N) is 1. The summed E-state index contributed by atoms with van der Waals surface area (Å²) < 4.78 is 0.897. The molecule has 4 nitrogen and oxygen atoms in total. The summed E-state index contributed by atoms with van der Waals surface area (Å²) in [6.45, 7) is 0. The van der Waals surface area contributed by atoms with Crippen LogP contribution < -0.4 is 5.73 Å². The van der Waals surface area contributed by atoms with Gasteiger partial charge in [0, 0.05) is 21.6 Å². The van der Waals surface area contributed by atoms with E-state index in [4.69, 9.17) is 5.73 Å². The highest BCUT2D eigenvalue weighted by Gasteiger charge is 2.27. The summed E-state index contributed by atoms with van der Waals surface area (Å²) in [5.74, 6) is 2.31. The summed E-state index contributed by atoms with van der Waals surface area (Å²) in [6, 6.07) is 5.75. The summed E-state index contributed by atoms with van der Waals surface area (Å²) in [6.07, 6.45) is 2.44. The molecule has 3 rings (SSSR count). The topological polar surface area (TPSA) is 67.6 Å². The summed E-state index contributed by atoms with van der Waals surface area (Å²) in [5.41, 5.74) is 7.48. The number of rotatable bonds is 2. The Morgan fingerprint density at radius 3 is 2.88 bits per heavy atom. The van der Waals surface area contributed by atoms with Crippen LogP contribution in [-0.4, -0.2) is 15.2 Å². The van der Waals surface area contributed by atoms with E-state index in [0.717, 1.165) is 21.7 Å². The molecule has 0 unspecified atom stereocenters. The first kappa shape index (κ1) is 9.84. The van der Waals surface area contributed by atoms with Crippen molar-refractivity contribution in [1.29, 1.82) is 0 Å². The van der Waals surface area contributed by atoms with Gasteiger partial charge in [-0.1, -0.05) is 0 Å². The number of nitrogens with two attached hydrogens (primary N) is 1. The molecule has 1 fully saturated rings. The Hall–Kier alpha value is -1.36. The molecule has 1 aromatic carbocycles. The Labute approximate surface area is 101 Å². The van der Waals surface area contributed by atoms with Crippen molar-refractivity contribution in [2.75, 3.05) is 5.73 Å². The number of aromatic amines is 1. The van der Waals surface area contributed by atoms with Crippen LogP contribution in [0.4, 0.5) is 5.69 Å². The van der Waals surface area contributed by atoms with Crippen molar-refractivity contribution in [3.63, 3.8) is 0 Å². The summed E-state index contributed by atoms with van der Waals surface area (Å²) in [5, 5.41) is 7.20. The monoisotopic (exact) mass is 278 g/mol. The number of aromatic nitrogens is 3. The number of nitrogens with zero attached hydrogens (tertiary/aromatic N) is 2. The van der Waals surface area contributed by atoms with E-state index in [9.17, 15) is 0 Å². The average Bonchev–Trinajstić information content (AvgIpc) is 3.01. The third-order valence-electron chi connectivity index (χ3n) is 2.72. The molecule has 0 saturated heterocycles. The van der Waals surface area contributed by atoms with Crippen molar-refractivity contribution in [1.82, 2.24) is 15.2 Å². The van der Waals surface area contributed by atoms with E-state index in [1.54, 1.807) is 0 Å². The van der Waals surface area contributed by atoms with Gasteiger partial charge in [0.1, 0.15) is 5.82 Å². The molecule has 0 radical (unpaired) electrons. The maximum Gasteiger partial charge on any atom is 0.181 e. The lowest BCUT2D eigenvalue weighted by atomic mass is 10.2. The zero-order chi connectivity index (χ0) is 11.1. The van der Waals surface area contributed by atoms with E-state index in [-0.39, 0.29) is 0 Å². The molecular formula is C11H11BrN4. The van der Waals surface area contributed by atoms with Crippen LogP contribution in [0.15, 0.2) is 22.7 Å². The highest BCUT2D eigenvalue weighted by molar-refractivity contribution is 9.10. The van der Waals surface area contributed by atoms with Crippen LogP contribution in [0, 0.1) is 0 Å². The smallest absolute Gasteiger partial charge is 0.181 e. The van der Waals surface area contributed by atoms with Crippen molar-refractivity contribution < 1.29 is 0 Å². The third kappa shape index (κ3) is 1.71. The minimum atomic E-state index is 0.592. The van der Waals surface area contributed by atoms with Crippen LogP contribution >= 0.6 is 15.9 Å². The van der Waals surface area contributed by atoms with Gasteiger partial charge in [0.25, 0.3) is 0 Å². The minimum Gasteiger partial charge on any atom is -0.398 e. The normalized spacial score (nSPS) is 15.3. The number of benzene rings is 1. The van der Waals surface area contributed by atoms with Crippen LogP contribution in [0.25, 0.3) is 11.4 Å². The SMILES string of the molecule is Nc1cc(-c2n[nH]c(C3CC3)n2)ccc1Br. The Morgan fingerprint density at radius 1 is 1.38 bits per heavy atom. The molecule has 0 bridgehead atoms. The van der Waals surface area contributed by atoms with Gasteiger partial charge in [-0.05, 0) is 47.0 Å². The van der Waals surface area contributed by atoms with Crippen LogP contribution in [0.1, 0.15) is 24.6 Å². The lowest BCUT2D eigenvalue weighted by molar-refractivity contribution is 0.935. The Bertz CT molecular complexity index is 531. The fourth-order valence-electron chi connectivity index (χ4n) is 1.63. The van der Waals surface area contributed by atoms with Gasteiger partial charge in [0.2, 0.25) is 0 Å². The third-order valence-corrected chi connectivity index (χ3v) is 3.44. The number of hydrogen-bond donors (Lipinski definition) is 2. The molecule has 16 heavy (non-hydrogen) atoms. The van der Waals surface area contributed by atoms with E-state index in [2.05, 4.69) is 31.1 Å². The standard InChI is InChI=1S/C11H11BrN4/c12-8-4-3-7(5-9(8)13)11-14-10(15-16-11)6-1-2-6/h3-6H,1-2,13H2,(H,14,15,16). The van der Waals surface area contributed by atoms with Gasteiger partial charge < -0.3 is 5.73 Å². The molecular weight excluding hydrogens is 268 g/mol. The largest absolute Gasteiger partial charge is 0.398 e. The van der Waals surface area contributed by atoms with Crippen LogP contribution in [0.2, 0.25) is 0 Å². The number of hydrogen-bond acceptors (Lipinski definition) is 3. The second-order valence-electron chi connectivity index (χ2n) is 4.05. The highest BCUT2D eigenvalue weighted by atomic mass is 79.9. The van der Waals surface area contributed by atoms with Crippen molar-refractivity contribution >= 4 is 21.6 Å². The summed E-state index contributed by atoms with van der Waals surface area (Å²) in [7, 11) is 0. The van der Waals surface area contributed by atoms with Crippen molar-refractivity contribution in [2.45, 2.75) is 18.8 Å². The maximum atomic E-state index is 5.82. The zero-order valence-corrected chi connectivity index (χ0v) is 10.2. The Kier molecular flexibility index (Phi) is 2.21. The molecule has 1 aliphatic carbocycles. The molecule has 5 heteroatoms. The van der Waals surface area contributed by atoms with Crippen LogP contribution in [0.5, 0.6) is 0 Å². The molecule has 2 aromatic rings. The van der Waals surface area contributed by atoms with Gasteiger partial charge >= 0.3 is 0 Å². The Balaban J connectivity index is 1.97. The van der Waals surface area contributed by atoms with E-state index in [0.29, 0.717) is 11.6 Å². The first-order valence-corrected chi connectivity index (χ1v) is 6.01. The second kappa shape index (κ2) is 3.59. The van der Waals surface area contributed by atoms with Gasteiger partial charge in [-0.15, -0.1) is 0 Å². The Morgan fingerprint density at radius 2 is 2.19 bits per heavy atom. The predicted octanol–water partition coefficient (Wildman–Crippen LogP) is 2.69. The van der Waals surface area contributed by atoms with Gasteiger partial charge in [-0.3, -0.25) is 5.10 Å². The first-order chi connectivity index (χ1) is 7.74. The van der Waals surface area contributed by atoms with E-state index >= 15 is 0 Å². The van der Waals surface area contributed by atoms with Gasteiger partial charge in [-0.2, -0.15) is 5.10 Å². The molecule has 1 heterocycles. The van der Waals surface area contributed by atoms with Gasteiger partial charge in [-0.25, -0.2) is 4.98 Å². The first-order valence-electron chi connectivity index (χ1n) is 5.22. The summed E-state index contributed by atoms with van der Waals surface area (Å²) >= 11 is 3.37. The molecule has 1 aliphatic rings. The fraction of sp³-hybridized carbons (Fsp3) is 0.273. The highest BCUT2D eigenvalue weighted by Crippen LogP contribution is 2.38. The van der Waals surface area contributed by atoms with E-state index < -0.39 is 0 Å². The molecule has 0 spiro atoms. The molecule has 3 N–H and O–H groups in total. The lowest BCUT2D eigenvalue weighted by Crippen LogP contribution is -1.88. The van der Waals surface area contributed by atoms with Crippen LogP contribution in [0.3, 0.4) is 0 Å². The molecule has 0 atom stereocenters. The van der Waals surface area contributed by atoms with Gasteiger partial charge in [0.15, 0.2) is 5.82 Å². The van der Waals surface area contributed by atoms with Crippen LogP contribution in [-0.2, 0) is 0 Å². The van der Waals surface area contributed by atoms with Crippen molar-refractivity contribution in [2.24, 2.45) is 0 Å². The number of anilines is 1. The molecule has 1 aromatic heterocycles. The molecule has 0 aliphatic heterocycles. The molecule has 82 valence electrons. The van der Waals surface area contributed by atoms with Crippen molar-refractivity contribution in [3.05, 3.63) is 28.5 Å². The predicted molar refractivity (Wildman–Crippen MR) is 65.9 cm³/mol. The lowest BCUT2D eigenvalue weighted by Gasteiger charge is -1.99. The summed E-state index contributed by atoms with van der Waals surface area (Å²) in [4.78, 5) is 4.48. The number of H-pyrrole nitrogens is 1. The van der Waals surface area contributed by atoms with Crippen molar-refractivity contribution in [3.8, 4) is 11.4 Å². The number of nitrogen functional groups attached to an aromatic ring is 1. The second-order valence-corrected chi connectivity index (χ2v) is 4.91. The van der Waals surface area contributed by atoms with E-state index in [1.807, 2.05) is 18.2 Å². The van der Waals surface area contributed by atoms with Gasteiger partial charge in [0.05, 0.1) is 0 Å². The zero-order valence-electron chi connectivity index (χ0n) is 8.57. The maximum absolute atomic E-state index is 5.82. The molecule has 0 amide bonds.